The van der Waals surface area contributed by atoms with Crippen molar-refractivity contribution in [3.8, 4) is 0 Å². The molecule has 1 aromatic rings. The molecular weight excluding hydrogens is 172 g/mol. The maximum Gasteiger partial charge on any atom is 0.327 e. The predicted molar refractivity (Wildman–Crippen MR) is 41.8 cm³/mol. The van der Waals surface area contributed by atoms with Crippen molar-refractivity contribution in [1.29, 1.82) is 0 Å². The van der Waals surface area contributed by atoms with E-state index in [-0.39, 0.29) is 16.2 Å². The van der Waals surface area contributed by atoms with Crippen LogP contribution in [0.5, 0.6) is 0 Å². The van der Waals surface area contributed by atoms with Crippen LogP contribution in [-0.2, 0) is 0 Å². The summed E-state index contributed by atoms with van der Waals surface area (Å²) in [7, 11) is 0. The Bertz CT molecular complexity index is 277. The molecule has 0 spiro atoms. The smallest absolute Gasteiger partial charge is 0.270 e. The van der Waals surface area contributed by atoms with Gasteiger partial charge in [-0.3, -0.25) is 9.36 Å². The van der Waals surface area contributed by atoms with Crippen LogP contribution in [0, 0.1) is 0 Å². The summed E-state index contributed by atoms with van der Waals surface area (Å²) in [5.74, 6) is 0. The Kier molecular flexibility index (Phi) is 2.11. The van der Waals surface area contributed by atoms with Crippen molar-refractivity contribution in [1.82, 2.24) is 8.94 Å². The highest BCUT2D eigenvalue weighted by atomic mass is 35.5. The number of hydrogen-bond donors (Lipinski definition) is 0. The summed E-state index contributed by atoms with van der Waals surface area (Å²) >= 11 is 6.49. The van der Waals surface area contributed by atoms with Gasteiger partial charge in [0, 0.05) is 17.6 Å². The van der Waals surface area contributed by atoms with Crippen LogP contribution < -0.4 is 4.87 Å². The predicted octanol–water partition coefficient (Wildman–Crippen LogP) is 1.54. The number of hydrogen-bond acceptors (Lipinski definition) is 3. The molecule has 0 aromatic carbocycles. The molecule has 0 aliphatic rings. The molecule has 1 heterocycles. The van der Waals surface area contributed by atoms with Crippen molar-refractivity contribution in [3.05, 3.63) is 15.0 Å². The van der Waals surface area contributed by atoms with Gasteiger partial charge in [-0.1, -0.05) is 0 Å². The van der Waals surface area contributed by atoms with E-state index in [1.165, 1.54) is 4.57 Å². The second kappa shape index (κ2) is 2.72. The Morgan fingerprint density at radius 2 is 2.30 bits per heavy atom. The molecule has 10 heavy (non-hydrogen) atoms. The lowest BCUT2D eigenvalue weighted by Crippen LogP contribution is -2.14. The molecule has 1 aromatic heterocycles. The molecule has 0 radical (unpaired) electrons. The Morgan fingerprint density at radius 3 is 2.50 bits per heavy atom. The van der Waals surface area contributed by atoms with E-state index < -0.39 is 0 Å². The minimum atomic E-state index is -0.0972. The molecule has 0 saturated heterocycles. The second-order valence-electron chi connectivity index (χ2n) is 2.18. The van der Waals surface area contributed by atoms with E-state index in [0.717, 1.165) is 11.5 Å². The molecule has 0 fully saturated rings. The molecule has 0 aliphatic carbocycles. The lowest BCUT2D eigenvalue weighted by Gasteiger charge is -2.03. The molecule has 0 aliphatic heterocycles. The van der Waals surface area contributed by atoms with E-state index in [2.05, 4.69) is 4.37 Å². The summed E-state index contributed by atoms with van der Waals surface area (Å²) in [6.45, 7) is 3.78. The Morgan fingerprint density at radius 1 is 1.70 bits per heavy atom. The summed E-state index contributed by atoms with van der Waals surface area (Å²) in [5, 5.41) is 0.282. The summed E-state index contributed by atoms with van der Waals surface area (Å²) in [6.07, 6.45) is 0. The standard InChI is InChI=1S/C5H7ClN2OS/c1-3(2)8-4(6)7-10-5(8)9/h3H,1-2H3. The number of aromatic nitrogens is 2. The lowest BCUT2D eigenvalue weighted by molar-refractivity contribution is 0.587. The third-order valence-electron chi connectivity index (χ3n) is 1.11. The van der Waals surface area contributed by atoms with Gasteiger partial charge in [-0.15, -0.1) is 0 Å². The molecule has 5 heteroatoms. The van der Waals surface area contributed by atoms with Gasteiger partial charge < -0.3 is 0 Å². The molecule has 56 valence electrons. The van der Waals surface area contributed by atoms with Crippen molar-refractivity contribution in [2.24, 2.45) is 0 Å². The van der Waals surface area contributed by atoms with E-state index in [1.807, 2.05) is 13.8 Å². The first-order valence-electron chi connectivity index (χ1n) is 2.86. The van der Waals surface area contributed by atoms with Crippen molar-refractivity contribution in [3.63, 3.8) is 0 Å². The van der Waals surface area contributed by atoms with Crippen molar-refractivity contribution < 1.29 is 0 Å². The normalized spacial score (nSPS) is 10.8. The minimum Gasteiger partial charge on any atom is -0.270 e. The molecule has 0 bridgehead atoms. The minimum absolute atomic E-state index is 0.0961. The van der Waals surface area contributed by atoms with Gasteiger partial charge in [0.1, 0.15) is 0 Å². The maximum atomic E-state index is 10.9. The first-order chi connectivity index (χ1) is 4.63. The molecule has 3 nitrogen and oxygen atoms in total. The third kappa shape index (κ3) is 1.22. The number of halogens is 1. The number of nitrogens with zero attached hydrogens (tertiary/aromatic N) is 2. The van der Waals surface area contributed by atoms with Gasteiger partial charge in [-0.25, -0.2) is 0 Å². The second-order valence-corrected chi connectivity index (χ2v) is 3.23. The third-order valence-corrected chi connectivity index (χ3v) is 2.09. The van der Waals surface area contributed by atoms with Gasteiger partial charge in [0.2, 0.25) is 5.28 Å². The lowest BCUT2D eigenvalue weighted by atomic mass is 10.4. The SMILES string of the molecule is CC(C)n1c(Cl)nsc1=O. The molecule has 0 saturated carbocycles. The zero-order valence-corrected chi connectivity index (χ0v) is 7.24. The highest BCUT2D eigenvalue weighted by molar-refractivity contribution is 7.03. The van der Waals surface area contributed by atoms with Gasteiger partial charge in [-0.05, 0) is 25.4 Å². The fraction of sp³-hybridized carbons (Fsp3) is 0.600. The Balaban J connectivity index is 3.23. The van der Waals surface area contributed by atoms with Crippen LogP contribution >= 0.6 is 23.1 Å². The topological polar surface area (TPSA) is 34.9 Å². The van der Waals surface area contributed by atoms with E-state index in [1.54, 1.807) is 0 Å². The van der Waals surface area contributed by atoms with Crippen molar-refractivity contribution in [2.75, 3.05) is 0 Å². The fourth-order valence-corrected chi connectivity index (χ4v) is 1.72. The van der Waals surface area contributed by atoms with Crippen molar-refractivity contribution in [2.45, 2.75) is 19.9 Å². The fourth-order valence-electron chi connectivity index (χ4n) is 0.664. The van der Waals surface area contributed by atoms with E-state index >= 15 is 0 Å². The molecule has 1 rings (SSSR count). The Hall–Kier alpha value is -0.350. The number of rotatable bonds is 1. The largest absolute Gasteiger partial charge is 0.327 e. The van der Waals surface area contributed by atoms with E-state index in [0.29, 0.717) is 0 Å². The van der Waals surface area contributed by atoms with E-state index in [9.17, 15) is 4.79 Å². The summed E-state index contributed by atoms with van der Waals surface area (Å²) in [5.41, 5.74) is 0. The van der Waals surface area contributed by atoms with Crippen LogP contribution in [0.4, 0.5) is 0 Å². The van der Waals surface area contributed by atoms with Crippen LogP contribution in [-0.4, -0.2) is 8.94 Å². The van der Waals surface area contributed by atoms with Crippen molar-refractivity contribution >= 4 is 23.1 Å². The summed E-state index contributed by atoms with van der Waals surface area (Å²) in [6, 6.07) is 0.0961. The zero-order chi connectivity index (χ0) is 7.72. The highest BCUT2D eigenvalue weighted by Crippen LogP contribution is 2.09. The first kappa shape index (κ1) is 7.75. The Labute approximate surface area is 67.4 Å². The molecular formula is C5H7ClN2OS. The molecule has 0 N–H and O–H groups in total. The van der Waals surface area contributed by atoms with Gasteiger partial charge in [0.15, 0.2) is 0 Å². The van der Waals surface area contributed by atoms with Crippen LogP contribution in [0.2, 0.25) is 5.28 Å². The molecule has 0 amide bonds. The summed E-state index contributed by atoms with van der Waals surface area (Å²) < 4.78 is 5.15. The van der Waals surface area contributed by atoms with Gasteiger partial charge in [0.05, 0.1) is 0 Å². The van der Waals surface area contributed by atoms with Crippen LogP contribution in [0.3, 0.4) is 0 Å². The van der Waals surface area contributed by atoms with Gasteiger partial charge in [0.25, 0.3) is 0 Å². The summed E-state index contributed by atoms with van der Waals surface area (Å²) in [4.78, 5) is 10.8. The van der Waals surface area contributed by atoms with Crippen LogP contribution in [0.15, 0.2) is 4.79 Å². The monoisotopic (exact) mass is 178 g/mol. The highest BCUT2D eigenvalue weighted by Gasteiger charge is 2.07. The van der Waals surface area contributed by atoms with E-state index in [4.69, 9.17) is 11.6 Å². The molecule has 0 unspecified atom stereocenters. The first-order valence-corrected chi connectivity index (χ1v) is 4.01. The van der Waals surface area contributed by atoms with Crippen LogP contribution in [0.1, 0.15) is 19.9 Å². The average Bonchev–Trinajstić information content (AvgIpc) is 2.11. The van der Waals surface area contributed by atoms with Gasteiger partial charge in [-0.2, -0.15) is 4.37 Å². The zero-order valence-electron chi connectivity index (χ0n) is 5.67. The molecule has 0 atom stereocenters. The van der Waals surface area contributed by atoms with Gasteiger partial charge >= 0.3 is 4.87 Å². The maximum absolute atomic E-state index is 10.9. The quantitative estimate of drug-likeness (QED) is 0.654. The van der Waals surface area contributed by atoms with Crippen LogP contribution in [0.25, 0.3) is 0 Å². The average molecular weight is 179 g/mol.